The standard InChI is InChI=1S/C30H30N4O4/c1-2-26(35)32-23-15-9-14-22(16-23)24-17-30(38-33-24)18-25(28(31)36)34(19-30)29(37)27(20-10-5-3-6-11-20)21-12-7-4-8-13-21/h3-16,25,27H,2,17-19H2,1H3,(H2,31,36)(H,32,35)/t25-,30?/m0/s1. The molecule has 3 amide bonds. The van der Waals surface area contributed by atoms with Crippen LogP contribution in [0, 0.1) is 0 Å². The van der Waals surface area contributed by atoms with Gasteiger partial charge in [0.2, 0.25) is 17.7 Å². The molecule has 5 rings (SSSR count). The monoisotopic (exact) mass is 510 g/mol. The summed E-state index contributed by atoms with van der Waals surface area (Å²) in [5.74, 6) is -1.44. The summed E-state index contributed by atoms with van der Waals surface area (Å²) in [5, 5.41) is 7.20. The zero-order valence-electron chi connectivity index (χ0n) is 21.2. The first-order chi connectivity index (χ1) is 18.4. The first-order valence-electron chi connectivity index (χ1n) is 12.7. The topological polar surface area (TPSA) is 114 Å². The van der Waals surface area contributed by atoms with E-state index in [1.165, 1.54) is 0 Å². The van der Waals surface area contributed by atoms with Crippen LogP contribution in [0.5, 0.6) is 0 Å². The lowest BCUT2D eigenvalue weighted by Gasteiger charge is -2.28. The molecule has 2 atom stereocenters. The number of nitrogens with zero attached hydrogens (tertiary/aromatic N) is 2. The molecule has 194 valence electrons. The van der Waals surface area contributed by atoms with E-state index >= 15 is 0 Å². The molecule has 2 aliphatic heterocycles. The SMILES string of the molecule is CCC(=O)Nc1cccc(C2=NOC3(C2)C[C@@H](C(N)=O)N(C(=O)C(c2ccccc2)c2ccccc2)C3)c1. The zero-order chi connectivity index (χ0) is 26.7. The second kappa shape index (κ2) is 10.5. The Bertz CT molecular complexity index is 1340. The summed E-state index contributed by atoms with van der Waals surface area (Å²) < 4.78 is 0. The van der Waals surface area contributed by atoms with E-state index < -0.39 is 23.5 Å². The number of anilines is 1. The fraction of sp³-hybridized carbons (Fsp3) is 0.267. The smallest absolute Gasteiger partial charge is 0.240 e. The van der Waals surface area contributed by atoms with Crippen molar-refractivity contribution in [2.24, 2.45) is 10.9 Å². The van der Waals surface area contributed by atoms with Gasteiger partial charge in [-0.15, -0.1) is 0 Å². The van der Waals surface area contributed by atoms with Gasteiger partial charge in [-0.05, 0) is 23.3 Å². The number of likely N-dealkylation sites (tertiary alicyclic amines) is 1. The van der Waals surface area contributed by atoms with Crippen LogP contribution in [0.25, 0.3) is 0 Å². The number of carbonyl (C=O) groups excluding carboxylic acids is 3. The number of hydrogen-bond donors (Lipinski definition) is 2. The number of carbonyl (C=O) groups is 3. The van der Waals surface area contributed by atoms with E-state index in [1.54, 1.807) is 11.8 Å². The summed E-state index contributed by atoms with van der Waals surface area (Å²) in [7, 11) is 0. The van der Waals surface area contributed by atoms with E-state index in [2.05, 4.69) is 10.5 Å². The molecule has 0 radical (unpaired) electrons. The van der Waals surface area contributed by atoms with E-state index in [0.717, 1.165) is 16.7 Å². The van der Waals surface area contributed by atoms with Gasteiger partial charge < -0.3 is 20.8 Å². The molecule has 2 aliphatic rings. The van der Waals surface area contributed by atoms with E-state index in [0.29, 0.717) is 24.2 Å². The maximum atomic E-state index is 14.1. The Morgan fingerprint density at radius 3 is 2.29 bits per heavy atom. The van der Waals surface area contributed by atoms with Gasteiger partial charge in [-0.25, -0.2) is 0 Å². The molecular formula is C30H30N4O4. The average Bonchev–Trinajstić information content (AvgIpc) is 3.54. The highest BCUT2D eigenvalue weighted by molar-refractivity contribution is 6.03. The first-order valence-corrected chi connectivity index (χ1v) is 12.7. The van der Waals surface area contributed by atoms with E-state index in [1.807, 2.05) is 84.9 Å². The number of rotatable bonds is 7. The molecule has 0 saturated carbocycles. The minimum atomic E-state index is -0.856. The van der Waals surface area contributed by atoms with E-state index in [4.69, 9.17) is 10.6 Å². The lowest BCUT2D eigenvalue weighted by Crippen LogP contribution is -2.46. The molecule has 2 heterocycles. The third-order valence-corrected chi connectivity index (χ3v) is 7.16. The Labute approximate surface area is 221 Å². The summed E-state index contributed by atoms with van der Waals surface area (Å²) in [6, 6.07) is 25.6. The van der Waals surface area contributed by atoms with Crippen molar-refractivity contribution >= 4 is 29.1 Å². The molecule has 1 unspecified atom stereocenters. The van der Waals surface area contributed by atoms with Crippen molar-refractivity contribution in [2.45, 2.75) is 43.7 Å². The summed E-state index contributed by atoms with van der Waals surface area (Å²) >= 11 is 0. The van der Waals surface area contributed by atoms with Crippen LogP contribution < -0.4 is 11.1 Å². The Morgan fingerprint density at radius 1 is 1.03 bits per heavy atom. The number of nitrogens with one attached hydrogen (secondary N) is 1. The highest BCUT2D eigenvalue weighted by atomic mass is 16.7. The number of benzene rings is 3. The summed E-state index contributed by atoms with van der Waals surface area (Å²) in [4.78, 5) is 46.0. The highest BCUT2D eigenvalue weighted by Crippen LogP contribution is 2.41. The predicted octanol–water partition coefficient (Wildman–Crippen LogP) is 3.82. The van der Waals surface area contributed by atoms with Gasteiger partial charge >= 0.3 is 0 Å². The van der Waals surface area contributed by atoms with Crippen LogP contribution in [0.3, 0.4) is 0 Å². The third-order valence-electron chi connectivity index (χ3n) is 7.16. The highest BCUT2D eigenvalue weighted by Gasteiger charge is 2.54. The molecule has 8 nitrogen and oxygen atoms in total. The normalized spacial score (nSPS) is 20.3. The summed E-state index contributed by atoms with van der Waals surface area (Å²) in [6.45, 7) is 1.98. The molecule has 1 spiro atoms. The Hall–Kier alpha value is -4.46. The van der Waals surface area contributed by atoms with Crippen molar-refractivity contribution in [3.8, 4) is 0 Å². The van der Waals surface area contributed by atoms with Crippen LogP contribution >= 0.6 is 0 Å². The number of hydrogen-bond acceptors (Lipinski definition) is 5. The minimum absolute atomic E-state index is 0.0798. The Kier molecular flexibility index (Phi) is 6.96. The summed E-state index contributed by atoms with van der Waals surface area (Å²) in [6.07, 6.45) is 1.04. The van der Waals surface area contributed by atoms with Gasteiger partial charge in [0.05, 0.1) is 18.2 Å². The molecule has 0 bridgehead atoms. The Balaban J connectivity index is 1.40. The number of nitrogens with two attached hydrogens (primary N) is 1. The van der Waals surface area contributed by atoms with Gasteiger partial charge in [0, 0.05) is 30.5 Å². The fourth-order valence-corrected chi connectivity index (χ4v) is 5.26. The van der Waals surface area contributed by atoms with Gasteiger partial charge in [-0.2, -0.15) is 0 Å². The first kappa shape index (κ1) is 25.2. The third kappa shape index (κ3) is 5.02. The maximum absolute atomic E-state index is 14.1. The lowest BCUT2D eigenvalue weighted by atomic mass is 9.89. The molecule has 0 aromatic heterocycles. The van der Waals surface area contributed by atoms with Gasteiger partial charge in [0.15, 0.2) is 5.60 Å². The van der Waals surface area contributed by atoms with Crippen LogP contribution in [-0.2, 0) is 19.2 Å². The molecule has 1 fully saturated rings. The molecule has 38 heavy (non-hydrogen) atoms. The average molecular weight is 511 g/mol. The van der Waals surface area contributed by atoms with Crippen LogP contribution in [0.1, 0.15) is 48.8 Å². The van der Waals surface area contributed by atoms with Crippen molar-refractivity contribution in [3.05, 3.63) is 102 Å². The minimum Gasteiger partial charge on any atom is -0.387 e. The fourth-order valence-electron chi connectivity index (χ4n) is 5.26. The van der Waals surface area contributed by atoms with Crippen molar-refractivity contribution in [3.63, 3.8) is 0 Å². The van der Waals surface area contributed by atoms with Crippen molar-refractivity contribution in [1.82, 2.24) is 4.90 Å². The quantitative estimate of drug-likeness (QED) is 0.503. The Morgan fingerprint density at radius 2 is 1.68 bits per heavy atom. The molecule has 3 aromatic rings. The van der Waals surface area contributed by atoms with Gasteiger partial charge in [-0.1, -0.05) is 84.9 Å². The molecular weight excluding hydrogens is 480 g/mol. The second-order valence-electron chi connectivity index (χ2n) is 9.81. The van der Waals surface area contributed by atoms with Crippen molar-refractivity contribution in [1.29, 1.82) is 0 Å². The molecule has 3 N–H and O–H groups in total. The zero-order valence-corrected chi connectivity index (χ0v) is 21.2. The van der Waals surface area contributed by atoms with Crippen molar-refractivity contribution in [2.75, 3.05) is 11.9 Å². The largest absolute Gasteiger partial charge is 0.387 e. The lowest BCUT2D eigenvalue weighted by molar-refractivity contribution is -0.138. The van der Waals surface area contributed by atoms with Crippen LogP contribution in [0.2, 0.25) is 0 Å². The summed E-state index contributed by atoms with van der Waals surface area (Å²) in [5.41, 5.74) is 8.80. The number of oxime groups is 1. The maximum Gasteiger partial charge on any atom is 0.240 e. The molecule has 0 aliphatic carbocycles. The van der Waals surface area contributed by atoms with Crippen LogP contribution in [0.4, 0.5) is 5.69 Å². The molecule has 8 heteroatoms. The van der Waals surface area contributed by atoms with E-state index in [-0.39, 0.29) is 24.8 Å². The van der Waals surface area contributed by atoms with Crippen LogP contribution in [-0.4, -0.2) is 46.5 Å². The predicted molar refractivity (Wildman–Crippen MR) is 144 cm³/mol. The van der Waals surface area contributed by atoms with Crippen molar-refractivity contribution < 1.29 is 19.2 Å². The molecule has 1 saturated heterocycles. The van der Waals surface area contributed by atoms with Gasteiger partial charge in [0.1, 0.15) is 6.04 Å². The number of amides is 3. The number of primary amides is 1. The van der Waals surface area contributed by atoms with Crippen LogP contribution in [0.15, 0.2) is 90.1 Å². The second-order valence-corrected chi connectivity index (χ2v) is 9.81. The van der Waals surface area contributed by atoms with Gasteiger partial charge in [-0.3, -0.25) is 14.4 Å². The molecule has 3 aromatic carbocycles. The van der Waals surface area contributed by atoms with E-state index in [9.17, 15) is 14.4 Å². The van der Waals surface area contributed by atoms with Gasteiger partial charge in [0.25, 0.3) is 0 Å².